The quantitative estimate of drug-likeness (QED) is 0.319. The maximum atomic E-state index is 14.9. The molecule has 1 unspecified atom stereocenters. The number of thiophene rings is 1. The third-order valence-corrected chi connectivity index (χ3v) is 5.61. The van der Waals surface area contributed by atoms with E-state index in [0.717, 1.165) is 21.3 Å². The molecule has 0 saturated carbocycles. The minimum Gasteiger partial charge on any atom is -0.493 e. The van der Waals surface area contributed by atoms with Gasteiger partial charge < -0.3 is 14.2 Å². The van der Waals surface area contributed by atoms with Crippen molar-refractivity contribution in [3.8, 4) is 11.5 Å². The van der Waals surface area contributed by atoms with Gasteiger partial charge in [-0.2, -0.15) is 0 Å². The van der Waals surface area contributed by atoms with E-state index in [1.54, 1.807) is 6.07 Å². The summed E-state index contributed by atoms with van der Waals surface area (Å²) in [6.45, 7) is 2.25. The summed E-state index contributed by atoms with van der Waals surface area (Å²) in [5.41, 5.74) is 0. The predicted molar refractivity (Wildman–Crippen MR) is 102 cm³/mol. The first-order valence-electron chi connectivity index (χ1n) is 8.07. The third kappa shape index (κ3) is 4.85. The molecule has 2 rings (SSSR count). The highest BCUT2D eigenvalue weighted by Gasteiger charge is 2.19. The molecule has 25 heavy (non-hydrogen) atoms. The van der Waals surface area contributed by atoms with Gasteiger partial charge in [0.15, 0.2) is 17.3 Å². The Hall–Kier alpha value is -1.34. The lowest BCUT2D eigenvalue weighted by Gasteiger charge is -2.11. The Morgan fingerprint density at radius 1 is 1.36 bits per heavy atom. The van der Waals surface area contributed by atoms with Gasteiger partial charge in [0.1, 0.15) is 0 Å². The Kier molecular flexibility index (Phi) is 7.50. The summed E-state index contributed by atoms with van der Waals surface area (Å²) in [6.07, 6.45) is 2.13. The SMILES string of the molecule is COC(=O)C(C)CCc1cc2c(F)c(OCCCBr)c(OC)cc2s1. The normalized spacial score (nSPS) is 12.2. The van der Waals surface area contributed by atoms with Crippen LogP contribution in [0, 0.1) is 11.7 Å². The maximum Gasteiger partial charge on any atom is 0.308 e. The smallest absolute Gasteiger partial charge is 0.308 e. The van der Waals surface area contributed by atoms with Gasteiger partial charge in [-0.3, -0.25) is 4.79 Å². The second-order valence-electron chi connectivity index (χ2n) is 5.70. The van der Waals surface area contributed by atoms with E-state index in [0.29, 0.717) is 30.6 Å². The number of esters is 1. The molecule has 2 aromatic rings. The number of benzene rings is 1. The minimum atomic E-state index is -0.396. The Morgan fingerprint density at radius 3 is 2.76 bits per heavy atom. The van der Waals surface area contributed by atoms with Gasteiger partial charge in [0.25, 0.3) is 0 Å². The molecule has 4 nitrogen and oxygen atoms in total. The summed E-state index contributed by atoms with van der Waals surface area (Å²) >= 11 is 4.83. The van der Waals surface area contributed by atoms with Gasteiger partial charge >= 0.3 is 5.97 Å². The number of hydrogen-bond acceptors (Lipinski definition) is 5. The fraction of sp³-hybridized carbons (Fsp3) is 0.500. The molecule has 0 radical (unpaired) electrons. The fourth-order valence-electron chi connectivity index (χ4n) is 2.47. The lowest BCUT2D eigenvalue weighted by Crippen LogP contribution is -2.13. The highest BCUT2D eigenvalue weighted by Crippen LogP contribution is 2.40. The Balaban J connectivity index is 2.23. The van der Waals surface area contributed by atoms with Crippen LogP contribution in [0.15, 0.2) is 12.1 Å². The van der Waals surface area contributed by atoms with Crippen molar-refractivity contribution in [2.75, 3.05) is 26.2 Å². The molecule has 1 aromatic carbocycles. The van der Waals surface area contributed by atoms with Crippen molar-refractivity contribution in [3.05, 3.63) is 22.8 Å². The van der Waals surface area contributed by atoms with Crippen molar-refractivity contribution in [2.45, 2.75) is 26.2 Å². The number of ether oxygens (including phenoxy) is 3. The highest BCUT2D eigenvalue weighted by atomic mass is 79.9. The molecule has 1 heterocycles. The van der Waals surface area contributed by atoms with Crippen molar-refractivity contribution in [2.24, 2.45) is 5.92 Å². The van der Waals surface area contributed by atoms with Crippen molar-refractivity contribution in [1.82, 2.24) is 0 Å². The predicted octanol–water partition coefficient (Wildman–Crippen LogP) is 4.95. The largest absolute Gasteiger partial charge is 0.493 e. The van der Waals surface area contributed by atoms with Gasteiger partial charge in [-0.05, 0) is 25.3 Å². The summed E-state index contributed by atoms with van der Waals surface area (Å²) in [6, 6.07) is 3.63. The van der Waals surface area contributed by atoms with Gasteiger partial charge in [-0.25, -0.2) is 4.39 Å². The van der Waals surface area contributed by atoms with Crippen molar-refractivity contribution in [3.63, 3.8) is 0 Å². The number of fused-ring (bicyclic) bond motifs is 1. The number of methoxy groups -OCH3 is 2. The van der Waals surface area contributed by atoms with Gasteiger partial charge in [-0.15, -0.1) is 11.3 Å². The van der Waals surface area contributed by atoms with E-state index in [1.165, 1.54) is 25.6 Å². The first-order chi connectivity index (χ1) is 12.0. The fourth-order valence-corrected chi connectivity index (χ4v) is 3.80. The van der Waals surface area contributed by atoms with Gasteiger partial charge in [-0.1, -0.05) is 22.9 Å². The van der Waals surface area contributed by atoms with Crippen LogP contribution in [0.3, 0.4) is 0 Å². The van der Waals surface area contributed by atoms with Crippen LogP contribution in [0.5, 0.6) is 11.5 Å². The topological polar surface area (TPSA) is 44.8 Å². The Bertz CT molecular complexity index is 731. The summed E-state index contributed by atoms with van der Waals surface area (Å²) < 4.78 is 31.3. The van der Waals surface area contributed by atoms with Crippen LogP contribution in [0.2, 0.25) is 0 Å². The second kappa shape index (κ2) is 9.38. The van der Waals surface area contributed by atoms with Crippen LogP contribution in [0.4, 0.5) is 4.39 Å². The van der Waals surface area contributed by atoms with E-state index >= 15 is 0 Å². The molecule has 0 saturated heterocycles. The molecule has 0 bridgehead atoms. The minimum absolute atomic E-state index is 0.156. The number of halogens is 2. The average molecular weight is 433 g/mol. The average Bonchev–Trinajstić information content (AvgIpc) is 3.04. The summed E-state index contributed by atoms with van der Waals surface area (Å²) in [7, 11) is 2.89. The maximum absolute atomic E-state index is 14.9. The van der Waals surface area contributed by atoms with E-state index in [9.17, 15) is 9.18 Å². The van der Waals surface area contributed by atoms with Crippen molar-refractivity contribution < 1.29 is 23.4 Å². The molecule has 0 N–H and O–H groups in total. The highest BCUT2D eigenvalue weighted by molar-refractivity contribution is 9.09. The first kappa shape index (κ1) is 20.0. The number of alkyl halides is 1. The molecule has 0 amide bonds. The lowest BCUT2D eigenvalue weighted by atomic mass is 10.1. The molecular weight excluding hydrogens is 411 g/mol. The Labute approximate surface area is 159 Å². The zero-order valence-electron chi connectivity index (χ0n) is 14.6. The van der Waals surface area contributed by atoms with E-state index in [2.05, 4.69) is 15.9 Å². The van der Waals surface area contributed by atoms with E-state index in [-0.39, 0.29) is 17.6 Å². The van der Waals surface area contributed by atoms with Gasteiger partial charge in [0.05, 0.1) is 26.7 Å². The lowest BCUT2D eigenvalue weighted by molar-refractivity contribution is -0.145. The molecular formula is C18H22BrFO4S. The van der Waals surface area contributed by atoms with E-state index in [4.69, 9.17) is 14.2 Å². The van der Waals surface area contributed by atoms with Crippen molar-refractivity contribution in [1.29, 1.82) is 0 Å². The van der Waals surface area contributed by atoms with Crippen molar-refractivity contribution >= 4 is 43.3 Å². The molecule has 138 valence electrons. The Morgan fingerprint density at radius 2 is 2.12 bits per heavy atom. The molecule has 0 spiro atoms. The van der Waals surface area contributed by atoms with Crippen LogP contribution in [0.25, 0.3) is 10.1 Å². The standard InChI is InChI=1S/C18H22BrFO4S/c1-11(18(21)23-3)5-6-12-9-13-15(25-12)10-14(22-2)17(16(13)20)24-8-4-7-19/h9-11H,4-8H2,1-3H3. The second-order valence-corrected chi connectivity index (χ2v) is 7.66. The van der Waals surface area contributed by atoms with Crippen LogP contribution in [-0.4, -0.2) is 32.1 Å². The molecule has 7 heteroatoms. The molecule has 1 atom stereocenters. The summed E-state index contributed by atoms with van der Waals surface area (Å²) in [5, 5.41) is 1.32. The van der Waals surface area contributed by atoms with Gasteiger partial charge in [0, 0.05) is 26.4 Å². The zero-order chi connectivity index (χ0) is 18.4. The zero-order valence-corrected chi connectivity index (χ0v) is 17.0. The monoisotopic (exact) mass is 432 g/mol. The number of aryl methyl sites for hydroxylation is 1. The van der Waals surface area contributed by atoms with E-state index in [1.807, 2.05) is 13.0 Å². The van der Waals surface area contributed by atoms with Crippen LogP contribution in [-0.2, 0) is 16.0 Å². The summed E-state index contributed by atoms with van der Waals surface area (Å²) in [4.78, 5) is 12.5. The van der Waals surface area contributed by atoms with Crippen LogP contribution >= 0.6 is 27.3 Å². The molecule has 0 aliphatic heterocycles. The van der Waals surface area contributed by atoms with Crippen LogP contribution in [0.1, 0.15) is 24.6 Å². The number of rotatable bonds is 9. The molecule has 1 aromatic heterocycles. The molecule has 0 aliphatic carbocycles. The third-order valence-electron chi connectivity index (χ3n) is 3.91. The molecule has 0 aliphatic rings. The number of carbonyl (C=O) groups is 1. The number of hydrogen-bond donors (Lipinski definition) is 0. The molecule has 0 fully saturated rings. The van der Waals surface area contributed by atoms with Gasteiger partial charge in [0.2, 0.25) is 0 Å². The van der Waals surface area contributed by atoms with Crippen LogP contribution < -0.4 is 9.47 Å². The first-order valence-corrected chi connectivity index (χ1v) is 10.0. The summed E-state index contributed by atoms with van der Waals surface area (Å²) in [5.74, 6) is -0.249. The number of carbonyl (C=O) groups excluding carboxylic acids is 1. The van der Waals surface area contributed by atoms with E-state index < -0.39 is 5.82 Å².